The van der Waals surface area contributed by atoms with Crippen molar-refractivity contribution in [3.05, 3.63) is 42.0 Å². The Hall–Kier alpha value is -1.77. The van der Waals surface area contributed by atoms with Crippen molar-refractivity contribution in [1.82, 2.24) is 15.5 Å². The molecule has 1 aliphatic rings. The van der Waals surface area contributed by atoms with Crippen molar-refractivity contribution in [2.24, 2.45) is 4.99 Å². The molecule has 1 amide bonds. The van der Waals surface area contributed by atoms with Gasteiger partial charge in [-0.2, -0.15) is 0 Å². The number of halogens is 1. The van der Waals surface area contributed by atoms with E-state index in [-0.39, 0.29) is 42.0 Å². The number of amides is 1. The molecule has 28 heavy (non-hydrogen) atoms. The molecule has 0 saturated carbocycles. The van der Waals surface area contributed by atoms with Gasteiger partial charge in [0, 0.05) is 37.9 Å². The highest BCUT2D eigenvalue weighted by Crippen LogP contribution is 2.18. The van der Waals surface area contributed by atoms with Crippen LogP contribution in [0.1, 0.15) is 33.3 Å². The molecule has 1 heterocycles. The van der Waals surface area contributed by atoms with Crippen LogP contribution in [0.3, 0.4) is 0 Å². The molecular weight excluding hydrogens is 465 g/mol. The summed E-state index contributed by atoms with van der Waals surface area (Å²) in [5.74, 6) is 0.716. The van der Waals surface area contributed by atoms with E-state index in [0.29, 0.717) is 6.54 Å². The fraction of sp³-hybridized carbons (Fsp3) is 0.524. The smallest absolute Gasteiger partial charge is 0.240 e. The van der Waals surface area contributed by atoms with Crippen LogP contribution in [0.4, 0.5) is 5.69 Å². The molecule has 2 N–H and O–H groups in total. The topological polar surface area (TPSA) is 60.0 Å². The maximum absolute atomic E-state index is 12.2. The number of hydrogen-bond donors (Lipinski definition) is 2. The molecule has 0 radical (unpaired) electrons. The number of hydrogen-bond acceptors (Lipinski definition) is 3. The van der Waals surface area contributed by atoms with Gasteiger partial charge in [0.1, 0.15) is 0 Å². The van der Waals surface area contributed by atoms with Gasteiger partial charge in [0.25, 0.3) is 0 Å². The summed E-state index contributed by atoms with van der Waals surface area (Å²) < 4.78 is 0. The molecule has 0 saturated heterocycles. The average molecular weight is 499 g/mol. The summed E-state index contributed by atoms with van der Waals surface area (Å²) in [4.78, 5) is 21.0. The highest BCUT2D eigenvalue weighted by Gasteiger charge is 2.16. The minimum absolute atomic E-state index is 0. The van der Waals surface area contributed by atoms with E-state index in [0.717, 1.165) is 31.2 Å². The summed E-state index contributed by atoms with van der Waals surface area (Å²) in [6, 6.07) is 8.52. The molecule has 6 nitrogen and oxygen atoms in total. The van der Waals surface area contributed by atoms with Crippen molar-refractivity contribution < 1.29 is 4.79 Å². The van der Waals surface area contributed by atoms with Crippen LogP contribution in [0, 0.1) is 0 Å². The predicted molar refractivity (Wildman–Crippen MR) is 129 cm³/mol. The van der Waals surface area contributed by atoms with Gasteiger partial charge in [0.15, 0.2) is 5.96 Å². The molecule has 0 aliphatic carbocycles. The quantitative estimate of drug-likeness (QED) is 0.274. The van der Waals surface area contributed by atoms with E-state index in [1.807, 2.05) is 39.6 Å². The van der Waals surface area contributed by atoms with Gasteiger partial charge in [-0.1, -0.05) is 24.3 Å². The maximum atomic E-state index is 12.2. The Kier molecular flexibility index (Phi) is 9.78. The Morgan fingerprint density at radius 2 is 1.79 bits per heavy atom. The van der Waals surface area contributed by atoms with Gasteiger partial charge in [-0.25, -0.2) is 4.99 Å². The van der Waals surface area contributed by atoms with Crippen LogP contribution in [-0.4, -0.2) is 55.5 Å². The van der Waals surface area contributed by atoms with Gasteiger partial charge in [-0.15, -0.1) is 24.0 Å². The lowest BCUT2D eigenvalue weighted by atomic mass is 10.1. The summed E-state index contributed by atoms with van der Waals surface area (Å²) in [6.07, 6.45) is 4.37. The molecule has 7 heteroatoms. The van der Waals surface area contributed by atoms with Crippen molar-refractivity contribution in [2.75, 3.05) is 38.1 Å². The Labute approximate surface area is 186 Å². The standard InChI is InChI=1S/C21H33N5O.HI/c1-6-22-20(25(5)16-19(27)24-21(2,3)4)23-15-17-9-11-18(12-10-17)26-13-7-8-14-26;/h7-12H,6,13-16H2,1-5H3,(H,22,23)(H,24,27);1H. The first-order chi connectivity index (χ1) is 12.8. The minimum Gasteiger partial charge on any atom is -0.364 e. The Morgan fingerprint density at radius 1 is 1.18 bits per heavy atom. The second kappa shape index (κ2) is 11.3. The normalized spacial score (nSPS) is 13.9. The first-order valence-electron chi connectivity index (χ1n) is 9.58. The average Bonchev–Trinajstić information content (AvgIpc) is 3.11. The Bertz CT molecular complexity index is 671. The SMILES string of the molecule is CCNC(=NCc1ccc(N2CC=CC2)cc1)N(C)CC(=O)NC(C)(C)C.I. The lowest BCUT2D eigenvalue weighted by molar-refractivity contribution is -0.122. The third kappa shape index (κ3) is 8.08. The summed E-state index contributed by atoms with van der Waals surface area (Å²) in [7, 11) is 1.88. The minimum atomic E-state index is -0.236. The zero-order chi connectivity index (χ0) is 19.9. The fourth-order valence-corrected chi connectivity index (χ4v) is 2.89. The molecule has 1 aromatic carbocycles. The third-order valence-corrected chi connectivity index (χ3v) is 4.12. The van der Waals surface area contributed by atoms with Crippen LogP contribution in [0.2, 0.25) is 0 Å². The van der Waals surface area contributed by atoms with Gasteiger partial charge in [-0.05, 0) is 45.4 Å². The van der Waals surface area contributed by atoms with E-state index in [2.05, 4.69) is 56.9 Å². The molecule has 1 aliphatic heterocycles. The third-order valence-electron chi connectivity index (χ3n) is 4.12. The Morgan fingerprint density at radius 3 is 2.32 bits per heavy atom. The van der Waals surface area contributed by atoms with Gasteiger partial charge in [0.05, 0.1) is 13.1 Å². The van der Waals surface area contributed by atoms with E-state index in [1.54, 1.807) is 0 Å². The van der Waals surface area contributed by atoms with Crippen LogP contribution >= 0.6 is 24.0 Å². The fourth-order valence-electron chi connectivity index (χ4n) is 2.89. The summed E-state index contributed by atoms with van der Waals surface area (Å²) >= 11 is 0. The van der Waals surface area contributed by atoms with Crippen LogP contribution in [0.25, 0.3) is 0 Å². The lowest BCUT2D eigenvalue weighted by Crippen LogP contribution is -2.48. The summed E-state index contributed by atoms with van der Waals surface area (Å²) in [6.45, 7) is 11.5. The zero-order valence-corrected chi connectivity index (χ0v) is 20.0. The maximum Gasteiger partial charge on any atom is 0.240 e. The van der Waals surface area contributed by atoms with Crippen LogP contribution < -0.4 is 15.5 Å². The van der Waals surface area contributed by atoms with E-state index < -0.39 is 0 Å². The molecular formula is C21H34IN5O. The van der Waals surface area contributed by atoms with Gasteiger partial charge >= 0.3 is 0 Å². The number of nitrogens with zero attached hydrogens (tertiary/aromatic N) is 3. The highest BCUT2D eigenvalue weighted by atomic mass is 127. The van der Waals surface area contributed by atoms with Crippen molar-refractivity contribution >= 4 is 41.5 Å². The zero-order valence-electron chi connectivity index (χ0n) is 17.7. The number of benzene rings is 1. The van der Waals surface area contributed by atoms with Crippen LogP contribution in [-0.2, 0) is 11.3 Å². The highest BCUT2D eigenvalue weighted by molar-refractivity contribution is 14.0. The van der Waals surface area contributed by atoms with Crippen LogP contribution in [0.15, 0.2) is 41.4 Å². The monoisotopic (exact) mass is 499 g/mol. The number of likely N-dealkylation sites (N-methyl/N-ethyl adjacent to an activating group) is 1. The molecule has 2 rings (SSSR count). The van der Waals surface area contributed by atoms with E-state index in [1.165, 1.54) is 5.69 Å². The van der Waals surface area contributed by atoms with E-state index >= 15 is 0 Å². The summed E-state index contributed by atoms with van der Waals surface area (Å²) in [5.41, 5.74) is 2.14. The van der Waals surface area contributed by atoms with Gasteiger partial charge in [-0.3, -0.25) is 4.79 Å². The van der Waals surface area contributed by atoms with E-state index in [9.17, 15) is 4.79 Å². The van der Waals surface area contributed by atoms with Crippen molar-refractivity contribution in [3.8, 4) is 0 Å². The number of guanidine groups is 1. The number of carbonyl (C=O) groups excluding carboxylic acids is 1. The molecule has 0 fully saturated rings. The second-order valence-corrected chi connectivity index (χ2v) is 7.87. The van der Waals surface area contributed by atoms with Crippen LogP contribution in [0.5, 0.6) is 0 Å². The first-order valence-corrected chi connectivity index (χ1v) is 9.58. The van der Waals surface area contributed by atoms with E-state index in [4.69, 9.17) is 0 Å². The van der Waals surface area contributed by atoms with Crippen molar-refractivity contribution in [2.45, 2.75) is 39.8 Å². The Balaban J connectivity index is 0.00000392. The number of aliphatic imine (C=N–C) groups is 1. The molecule has 1 aromatic rings. The number of rotatable bonds is 6. The largest absolute Gasteiger partial charge is 0.364 e. The molecule has 0 spiro atoms. The first kappa shape index (κ1) is 24.3. The van der Waals surface area contributed by atoms with Crippen molar-refractivity contribution in [3.63, 3.8) is 0 Å². The lowest BCUT2D eigenvalue weighted by Gasteiger charge is -2.25. The molecule has 0 unspecified atom stereocenters. The second-order valence-electron chi connectivity index (χ2n) is 7.87. The molecule has 0 aromatic heterocycles. The van der Waals surface area contributed by atoms with Gasteiger partial charge in [0.2, 0.25) is 5.91 Å². The van der Waals surface area contributed by atoms with Gasteiger partial charge < -0.3 is 20.4 Å². The number of anilines is 1. The molecule has 156 valence electrons. The van der Waals surface area contributed by atoms with Crippen molar-refractivity contribution in [1.29, 1.82) is 0 Å². The number of carbonyl (C=O) groups is 1. The summed E-state index contributed by atoms with van der Waals surface area (Å²) in [5, 5.41) is 6.24. The molecule has 0 bridgehead atoms. The number of nitrogens with one attached hydrogen (secondary N) is 2. The molecule has 0 atom stereocenters. The predicted octanol–water partition coefficient (Wildman–Crippen LogP) is 2.99.